The van der Waals surface area contributed by atoms with Crippen molar-refractivity contribution in [2.45, 2.75) is 20.8 Å². The fourth-order valence-corrected chi connectivity index (χ4v) is 5.14. The molecule has 1 saturated heterocycles. The number of hydrogen-bond donors (Lipinski definition) is 0. The van der Waals surface area contributed by atoms with Gasteiger partial charge in [-0.15, -0.1) is 0 Å². The van der Waals surface area contributed by atoms with Crippen LogP contribution in [0.15, 0.2) is 53.4 Å². The van der Waals surface area contributed by atoms with E-state index in [0.717, 1.165) is 35.6 Å². The number of anilines is 2. The van der Waals surface area contributed by atoms with Crippen LogP contribution < -0.4 is 9.80 Å². The predicted octanol–water partition coefficient (Wildman–Crippen LogP) is 4.42. The zero-order valence-corrected chi connectivity index (χ0v) is 18.8. The van der Waals surface area contributed by atoms with Crippen molar-refractivity contribution in [2.24, 2.45) is 0 Å². The molecule has 0 N–H and O–H groups in total. The van der Waals surface area contributed by atoms with E-state index in [4.69, 9.17) is 12.2 Å². The van der Waals surface area contributed by atoms with Crippen LogP contribution in [0.3, 0.4) is 0 Å². The quantitative estimate of drug-likeness (QED) is 0.512. The van der Waals surface area contributed by atoms with Crippen molar-refractivity contribution in [3.8, 4) is 0 Å². The molecule has 2 aromatic carbocycles. The van der Waals surface area contributed by atoms with E-state index >= 15 is 0 Å². The standard InChI is InChI=1S/C23H23N3O2S2/c1-4-24(5-2)14-25-18-12-7-6-11-17(18)19(21(25)27)20-22(28)26(23(29)30-20)16-10-8-9-15(3)13-16/h6-13H,4-5,14H2,1-3H3/b20-19-. The van der Waals surface area contributed by atoms with Gasteiger partial charge in [0.05, 0.1) is 28.5 Å². The number of carbonyl (C=O) groups excluding carboxylic acids is 2. The molecular weight excluding hydrogens is 414 g/mol. The number of rotatable bonds is 5. The molecule has 30 heavy (non-hydrogen) atoms. The molecule has 154 valence electrons. The maximum Gasteiger partial charge on any atom is 0.271 e. The fraction of sp³-hybridized carbons (Fsp3) is 0.261. The Morgan fingerprint density at radius 3 is 2.43 bits per heavy atom. The van der Waals surface area contributed by atoms with E-state index in [0.29, 0.717) is 21.5 Å². The summed E-state index contributed by atoms with van der Waals surface area (Å²) in [6.07, 6.45) is 0. The number of thioether (sulfide) groups is 1. The van der Waals surface area contributed by atoms with E-state index in [1.54, 1.807) is 4.90 Å². The third-order valence-electron chi connectivity index (χ3n) is 5.42. The Labute approximate surface area is 186 Å². The first kappa shape index (κ1) is 20.8. The molecule has 0 spiro atoms. The lowest BCUT2D eigenvalue weighted by molar-refractivity contribution is -0.115. The summed E-state index contributed by atoms with van der Waals surface area (Å²) in [6.45, 7) is 8.29. The predicted molar refractivity (Wildman–Crippen MR) is 127 cm³/mol. The van der Waals surface area contributed by atoms with Crippen LogP contribution in [0, 0.1) is 6.92 Å². The average Bonchev–Trinajstić information content (AvgIpc) is 3.18. The Kier molecular flexibility index (Phi) is 5.77. The monoisotopic (exact) mass is 437 g/mol. The fourth-order valence-electron chi connectivity index (χ4n) is 3.77. The summed E-state index contributed by atoms with van der Waals surface area (Å²) in [5.74, 6) is -0.383. The van der Waals surface area contributed by atoms with Crippen molar-refractivity contribution in [3.05, 3.63) is 64.6 Å². The van der Waals surface area contributed by atoms with Gasteiger partial charge in [-0.2, -0.15) is 0 Å². The molecule has 2 aliphatic rings. The number of fused-ring (bicyclic) bond motifs is 1. The van der Waals surface area contributed by atoms with E-state index < -0.39 is 0 Å². The van der Waals surface area contributed by atoms with Gasteiger partial charge >= 0.3 is 0 Å². The zero-order valence-electron chi connectivity index (χ0n) is 17.2. The van der Waals surface area contributed by atoms with Crippen LogP contribution in [-0.4, -0.2) is 40.8 Å². The zero-order chi connectivity index (χ0) is 21.4. The van der Waals surface area contributed by atoms with Gasteiger partial charge in [0.25, 0.3) is 11.8 Å². The van der Waals surface area contributed by atoms with Crippen molar-refractivity contribution >= 4 is 57.1 Å². The highest BCUT2D eigenvalue weighted by Gasteiger charge is 2.42. The molecule has 0 bridgehead atoms. The maximum absolute atomic E-state index is 13.5. The van der Waals surface area contributed by atoms with Crippen LogP contribution in [0.2, 0.25) is 0 Å². The SMILES string of the molecule is CCN(CC)CN1C(=O)/C(=C2\SC(=S)N(c3cccc(C)c3)C2=O)c2ccccc21. The van der Waals surface area contributed by atoms with E-state index in [1.165, 1.54) is 16.7 Å². The number of aryl methyl sites for hydroxylation is 1. The van der Waals surface area contributed by atoms with Gasteiger partial charge in [-0.1, -0.05) is 68.2 Å². The molecule has 2 heterocycles. The lowest BCUT2D eigenvalue weighted by atomic mass is 10.1. The Morgan fingerprint density at radius 1 is 1.00 bits per heavy atom. The molecule has 1 fully saturated rings. The number of thiocarbonyl (C=S) groups is 1. The third kappa shape index (κ3) is 3.47. The van der Waals surface area contributed by atoms with Gasteiger partial charge < -0.3 is 0 Å². The van der Waals surface area contributed by atoms with Gasteiger partial charge in [-0.05, 0) is 43.8 Å². The van der Waals surface area contributed by atoms with Crippen molar-refractivity contribution < 1.29 is 9.59 Å². The highest BCUT2D eigenvalue weighted by Crippen LogP contribution is 2.45. The topological polar surface area (TPSA) is 43.9 Å². The van der Waals surface area contributed by atoms with Crippen LogP contribution in [-0.2, 0) is 9.59 Å². The van der Waals surface area contributed by atoms with Gasteiger partial charge in [0.2, 0.25) is 0 Å². The minimum atomic E-state index is -0.238. The van der Waals surface area contributed by atoms with Crippen LogP contribution in [0.25, 0.3) is 5.57 Å². The largest absolute Gasteiger partial charge is 0.294 e. The molecule has 0 atom stereocenters. The number of benzene rings is 2. The summed E-state index contributed by atoms with van der Waals surface area (Å²) < 4.78 is 0.445. The molecule has 7 heteroatoms. The third-order valence-corrected chi connectivity index (χ3v) is 6.79. The van der Waals surface area contributed by atoms with Crippen LogP contribution >= 0.6 is 24.0 Å². The van der Waals surface area contributed by atoms with Gasteiger partial charge in [0.15, 0.2) is 4.32 Å². The second-order valence-electron chi connectivity index (χ2n) is 7.25. The van der Waals surface area contributed by atoms with Gasteiger partial charge in [0, 0.05) is 5.56 Å². The maximum atomic E-state index is 13.5. The summed E-state index contributed by atoms with van der Waals surface area (Å²) in [6, 6.07) is 15.3. The first-order valence-corrected chi connectivity index (χ1v) is 11.2. The van der Waals surface area contributed by atoms with E-state index in [1.807, 2.05) is 55.5 Å². The molecule has 5 nitrogen and oxygen atoms in total. The Hall–Kier alpha value is -2.48. The minimum absolute atomic E-state index is 0.146. The number of nitrogens with zero attached hydrogens (tertiary/aromatic N) is 3. The molecule has 0 aliphatic carbocycles. The number of amides is 2. The normalized spacial score (nSPS) is 18.7. The van der Waals surface area contributed by atoms with E-state index in [9.17, 15) is 9.59 Å². The van der Waals surface area contributed by atoms with Crippen molar-refractivity contribution in [3.63, 3.8) is 0 Å². The van der Waals surface area contributed by atoms with Crippen LogP contribution in [0.4, 0.5) is 11.4 Å². The molecule has 4 rings (SSSR count). The summed E-state index contributed by atoms with van der Waals surface area (Å²) in [4.78, 5) is 32.7. The second kappa shape index (κ2) is 8.34. The molecule has 0 unspecified atom stereocenters. The summed E-state index contributed by atoms with van der Waals surface area (Å²) >= 11 is 6.74. The molecule has 2 aliphatic heterocycles. The van der Waals surface area contributed by atoms with Gasteiger partial charge in [0.1, 0.15) is 0 Å². The Morgan fingerprint density at radius 2 is 1.73 bits per heavy atom. The van der Waals surface area contributed by atoms with Gasteiger partial charge in [-0.3, -0.25) is 24.3 Å². The summed E-state index contributed by atoms with van der Waals surface area (Å²) in [5.41, 5.74) is 3.85. The lowest BCUT2D eigenvalue weighted by Gasteiger charge is -2.25. The lowest BCUT2D eigenvalue weighted by Crippen LogP contribution is -2.39. The molecule has 0 aromatic heterocycles. The van der Waals surface area contributed by atoms with Crippen molar-refractivity contribution in [1.82, 2.24) is 4.90 Å². The second-order valence-corrected chi connectivity index (χ2v) is 8.89. The number of hydrogen-bond acceptors (Lipinski definition) is 5. The van der Waals surface area contributed by atoms with Crippen molar-refractivity contribution in [1.29, 1.82) is 0 Å². The van der Waals surface area contributed by atoms with Gasteiger partial charge in [-0.25, -0.2) is 0 Å². The van der Waals surface area contributed by atoms with E-state index in [-0.39, 0.29) is 11.8 Å². The van der Waals surface area contributed by atoms with Crippen LogP contribution in [0.5, 0.6) is 0 Å². The minimum Gasteiger partial charge on any atom is -0.294 e. The number of carbonyl (C=O) groups is 2. The Bertz CT molecular complexity index is 1080. The average molecular weight is 438 g/mol. The first-order chi connectivity index (χ1) is 14.5. The Balaban J connectivity index is 1.78. The molecular formula is C23H23N3O2S2. The highest BCUT2D eigenvalue weighted by molar-refractivity contribution is 8.27. The first-order valence-electron chi connectivity index (χ1n) is 9.97. The highest BCUT2D eigenvalue weighted by atomic mass is 32.2. The van der Waals surface area contributed by atoms with Crippen LogP contribution in [0.1, 0.15) is 25.0 Å². The molecule has 0 radical (unpaired) electrons. The summed E-state index contributed by atoms with van der Waals surface area (Å²) in [7, 11) is 0. The van der Waals surface area contributed by atoms with Crippen molar-refractivity contribution in [2.75, 3.05) is 29.6 Å². The summed E-state index contributed by atoms with van der Waals surface area (Å²) in [5, 5.41) is 0. The molecule has 0 saturated carbocycles. The molecule has 2 aromatic rings. The number of para-hydroxylation sites is 1. The molecule has 2 amide bonds. The smallest absolute Gasteiger partial charge is 0.271 e. The van der Waals surface area contributed by atoms with E-state index in [2.05, 4.69) is 18.7 Å².